The highest BCUT2D eigenvalue weighted by atomic mass is 16.5. The molecule has 2 bridgehead atoms. The highest BCUT2D eigenvalue weighted by molar-refractivity contribution is 5.97. The monoisotopic (exact) mass is 340 g/mol. The molecule has 1 amide bonds. The summed E-state index contributed by atoms with van der Waals surface area (Å²) in [5, 5.41) is 10.9. The first kappa shape index (κ1) is 16.3. The maximum absolute atomic E-state index is 13.3. The molecule has 5 nitrogen and oxygen atoms in total. The lowest BCUT2D eigenvalue weighted by Gasteiger charge is -2.34. The number of amides is 1. The third-order valence-electron chi connectivity index (χ3n) is 6.22. The Hall–Kier alpha value is -2.14. The molecule has 3 heterocycles. The van der Waals surface area contributed by atoms with Crippen LogP contribution in [-0.2, 0) is 0 Å². The minimum Gasteiger partial charge on any atom is -0.496 e. The molecule has 4 rings (SSSR count). The molecule has 2 aliphatic rings. The SMILES string of the molecule is CC[C@@]1(CO)C[C@@H]2CC[C@H]1N2C(=O)c1cc(OC)c2ccccc2n1. The number of pyridine rings is 1. The van der Waals surface area contributed by atoms with E-state index in [1.54, 1.807) is 13.2 Å². The fraction of sp³-hybridized carbons (Fsp3) is 0.500. The molecule has 0 aliphatic carbocycles. The van der Waals surface area contributed by atoms with E-state index in [0.717, 1.165) is 36.6 Å². The Bertz CT molecular complexity index is 816. The number of methoxy groups -OCH3 is 1. The molecule has 0 radical (unpaired) electrons. The van der Waals surface area contributed by atoms with E-state index in [1.165, 1.54) is 0 Å². The standard InChI is InChI=1S/C20H24N2O3/c1-3-20(12-23)11-13-8-9-18(20)22(13)19(24)16-10-17(25-2)14-6-4-5-7-15(14)21-16/h4-7,10,13,18,23H,3,8-9,11-12H2,1-2H3/t13-,18+,20-/m0/s1. The molecule has 1 aromatic carbocycles. The Balaban J connectivity index is 1.74. The fourth-order valence-electron chi connectivity index (χ4n) is 4.81. The van der Waals surface area contributed by atoms with Gasteiger partial charge in [0.1, 0.15) is 11.4 Å². The molecule has 0 unspecified atom stereocenters. The number of aromatic nitrogens is 1. The summed E-state index contributed by atoms with van der Waals surface area (Å²) in [6.07, 6.45) is 3.77. The van der Waals surface area contributed by atoms with Gasteiger partial charge < -0.3 is 14.7 Å². The topological polar surface area (TPSA) is 62.7 Å². The zero-order valence-corrected chi connectivity index (χ0v) is 14.7. The van der Waals surface area contributed by atoms with Crippen molar-refractivity contribution < 1.29 is 14.6 Å². The Morgan fingerprint density at radius 1 is 1.40 bits per heavy atom. The predicted octanol–water partition coefficient (Wildman–Crippen LogP) is 3.01. The largest absolute Gasteiger partial charge is 0.496 e. The predicted molar refractivity (Wildman–Crippen MR) is 95.7 cm³/mol. The average molecular weight is 340 g/mol. The van der Waals surface area contributed by atoms with E-state index < -0.39 is 0 Å². The number of hydrogen-bond acceptors (Lipinski definition) is 4. The maximum atomic E-state index is 13.3. The molecular weight excluding hydrogens is 316 g/mol. The summed E-state index contributed by atoms with van der Waals surface area (Å²) in [5.74, 6) is 0.629. The summed E-state index contributed by atoms with van der Waals surface area (Å²) in [6, 6.07) is 9.76. The van der Waals surface area contributed by atoms with E-state index in [0.29, 0.717) is 11.4 Å². The summed E-state index contributed by atoms with van der Waals surface area (Å²) in [7, 11) is 1.61. The van der Waals surface area contributed by atoms with Crippen molar-refractivity contribution in [1.29, 1.82) is 0 Å². The molecule has 1 N–H and O–H groups in total. The molecule has 2 aromatic rings. The minimum atomic E-state index is -0.153. The molecule has 132 valence electrons. The van der Waals surface area contributed by atoms with Crippen LogP contribution in [0.5, 0.6) is 5.75 Å². The van der Waals surface area contributed by atoms with Gasteiger partial charge in [-0.25, -0.2) is 4.98 Å². The van der Waals surface area contributed by atoms with Gasteiger partial charge >= 0.3 is 0 Å². The van der Waals surface area contributed by atoms with Gasteiger partial charge in [0.2, 0.25) is 0 Å². The first-order chi connectivity index (χ1) is 12.1. The van der Waals surface area contributed by atoms with Gasteiger partial charge in [-0.1, -0.05) is 19.1 Å². The van der Waals surface area contributed by atoms with Gasteiger partial charge in [-0.3, -0.25) is 4.79 Å². The van der Waals surface area contributed by atoms with E-state index in [9.17, 15) is 9.90 Å². The van der Waals surface area contributed by atoms with Crippen LogP contribution in [0.1, 0.15) is 43.1 Å². The number of hydrogen-bond donors (Lipinski definition) is 1. The van der Waals surface area contributed by atoms with Crippen LogP contribution in [0.2, 0.25) is 0 Å². The van der Waals surface area contributed by atoms with Crippen LogP contribution in [0.15, 0.2) is 30.3 Å². The van der Waals surface area contributed by atoms with Crippen LogP contribution in [0.4, 0.5) is 0 Å². The first-order valence-electron chi connectivity index (χ1n) is 9.01. The second-order valence-electron chi connectivity index (χ2n) is 7.26. The number of carbonyl (C=O) groups excluding carboxylic acids is 1. The normalized spacial score (nSPS) is 27.9. The van der Waals surface area contributed by atoms with Crippen molar-refractivity contribution in [2.45, 2.75) is 44.7 Å². The molecule has 2 fully saturated rings. The number of benzene rings is 1. The summed E-state index contributed by atoms with van der Waals surface area (Å²) in [5.41, 5.74) is 1.04. The van der Waals surface area contributed by atoms with Crippen molar-refractivity contribution in [3.8, 4) is 5.75 Å². The van der Waals surface area contributed by atoms with Gasteiger partial charge in [-0.2, -0.15) is 0 Å². The second kappa shape index (κ2) is 5.99. The summed E-state index contributed by atoms with van der Waals surface area (Å²) in [6.45, 7) is 2.25. The molecule has 2 aliphatic heterocycles. The van der Waals surface area contributed by atoms with Gasteiger partial charge in [-0.15, -0.1) is 0 Å². The molecule has 1 aromatic heterocycles. The lowest BCUT2D eigenvalue weighted by molar-refractivity contribution is 0.0553. The van der Waals surface area contributed by atoms with Crippen molar-refractivity contribution in [3.05, 3.63) is 36.0 Å². The molecule has 0 saturated carbocycles. The molecule has 2 saturated heterocycles. The van der Waals surface area contributed by atoms with Gasteiger partial charge in [0.25, 0.3) is 5.91 Å². The van der Waals surface area contributed by atoms with Crippen LogP contribution in [0.25, 0.3) is 10.9 Å². The van der Waals surface area contributed by atoms with Gasteiger partial charge in [-0.05, 0) is 37.8 Å². The summed E-state index contributed by atoms with van der Waals surface area (Å²) in [4.78, 5) is 19.8. The van der Waals surface area contributed by atoms with Crippen molar-refractivity contribution >= 4 is 16.8 Å². The fourth-order valence-corrected chi connectivity index (χ4v) is 4.81. The molecule has 0 spiro atoms. The molecule has 25 heavy (non-hydrogen) atoms. The molecular formula is C20H24N2O3. The number of nitrogens with zero attached hydrogens (tertiary/aromatic N) is 2. The van der Waals surface area contributed by atoms with E-state index >= 15 is 0 Å². The van der Waals surface area contributed by atoms with Gasteiger partial charge in [0.15, 0.2) is 0 Å². The van der Waals surface area contributed by atoms with E-state index in [4.69, 9.17) is 4.74 Å². The van der Waals surface area contributed by atoms with Gasteiger partial charge in [0.05, 0.1) is 19.2 Å². The quantitative estimate of drug-likeness (QED) is 0.929. The van der Waals surface area contributed by atoms with E-state index in [1.807, 2.05) is 29.2 Å². The minimum absolute atomic E-state index is 0.0414. The lowest BCUT2D eigenvalue weighted by Crippen LogP contribution is -2.42. The van der Waals surface area contributed by atoms with E-state index in [-0.39, 0.29) is 30.0 Å². The Labute approximate surface area is 147 Å². The molecule has 3 atom stereocenters. The zero-order valence-electron chi connectivity index (χ0n) is 14.7. The number of aliphatic hydroxyl groups excluding tert-OH is 1. The molecule has 5 heteroatoms. The Morgan fingerprint density at radius 3 is 2.88 bits per heavy atom. The average Bonchev–Trinajstić information content (AvgIpc) is 3.22. The summed E-state index contributed by atoms with van der Waals surface area (Å²) < 4.78 is 5.48. The number of fused-ring (bicyclic) bond motifs is 3. The van der Waals surface area contributed by atoms with Crippen LogP contribution < -0.4 is 4.74 Å². The van der Waals surface area contributed by atoms with Crippen molar-refractivity contribution in [3.63, 3.8) is 0 Å². The first-order valence-corrected chi connectivity index (χ1v) is 9.01. The maximum Gasteiger partial charge on any atom is 0.273 e. The van der Waals surface area contributed by atoms with Crippen molar-refractivity contribution in [2.24, 2.45) is 5.41 Å². The van der Waals surface area contributed by atoms with Crippen LogP contribution in [0, 0.1) is 5.41 Å². The zero-order chi connectivity index (χ0) is 17.6. The lowest BCUT2D eigenvalue weighted by atomic mass is 9.72. The van der Waals surface area contributed by atoms with E-state index in [2.05, 4.69) is 11.9 Å². The Morgan fingerprint density at radius 2 is 2.20 bits per heavy atom. The van der Waals surface area contributed by atoms with Crippen LogP contribution in [-0.4, -0.2) is 46.7 Å². The number of para-hydroxylation sites is 1. The van der Waals surface area contributed by atoms with Crippen molar-refractivity contribution in [2.75, 3.05) is 13.7 Å². The number of rotatable bonds is 4. The third-order valence-corrected chi connectivity index (χ3v) is 6.22. The number of aliphatic hydroxyl groups is 1. The third kappa shape index (κ3) is 2.33. The van der Waals surface area contributed by atoms with Crippen molar-refractivity contribution in [1.82, 2.24) is 9.88 Å². The van der Waals surface area contributed by atoms with Crippen LogP contribution >= 0.6 is 0 Å². The highest BCUT2D eigenvalue weighted by Gasteiger charge is 2.56. The Kier molecular flexibility index (Phi) is 3.91. The number of ether oxygens (including phenoxy) is 1. The highest BCUT2D eigenvalue weighted by Crippen LogP contribution is 2.51. The second-order valence-corrected chi connectivity index (χ2v) is 7.26. The number of carbonyl (C=O) groups is 1. The van der Waals surface area contributed by atoms with Crippen LogP contribution in [0.3, 0.4) is 0 Å². The summed E-state index contributed by atoms with van der Waals surface area (Å²) >= 11 is 0. The smallest absolute Gasteiger partial charge is 0.273 e. The van der Waals surface area contributed by atoms with Gasteiger partial charge in [0, 0.05) is 29.0 Å².